The van der Waals surface area contributed by atoms with Gasteiger partial charge in [0.1, 0.15) is 5.82 Å². The van der Waals surface area contributed by atoms with Gasteiger partial charge in [0.05, 0.1) is 11.8 Å². The van der Waals surface area contributed by atoms with Crippen molar-refractivity contribution in [3.05, 3.63) is 29.6 Å². The van der Waals surface area contributed by atoms with E-state index in [2.05, 4.69) is 5.32 Å². The first-order valence-corrected chi connectivity index (χ1v) is 4.78. The normalized spacial score (nSPS) is 12.6. The summed E-state index contributed by atoms with van der Waals surface area (Å²) in [6.07, 6.45) is 0.267. The lowest BCUT2D eigenvalue weighted by Gasteiger charge is -2.09. The first-order chi connectivity index (χ1) is 6.61. The van der Waals surface area contributed by atoms with Gasteiger partial charge in [0.15, 0.2) is 0 Å². The fourth-order valence-corrected chi connectivity index (χ4v) is 1.20. The van der Waals surface area contributed by atoms with Gasteiger partial charge in [0.2, 0.25) is 0 Å². The Morgan fingerprint density at radius 1 is 1.50 bits per heavy atom. The zero-order chi connectivity index (χ0) is 10.6. The molecule has 0 aliphatic heterocycles. The molecule has 14 heavy (non-hydrogen) atoms. The molecular weight excluding hydrogens is 181 g/mol. The van der Waals surface area contributed by atoms with Crippen LogP contribution in [0.5, 0.6) is 0 Å². The monoisotopic (exact) mass is 197 g/mol. The largest absolute Gasteiger partial charge is 0.393 e. The summed E-state index contributed by atoms with van der Waals surface area (Å²) < 4.78 is 13.4. The third kappa shape index (κ3) is 3.00. The van der Waals surface area contributed by atoms with Gasteiger partial charge >= 0.3 is 0 Å². The van der Waals surface area contributed by atoms with Crippen molar-refractivity contribution in [1.29, 1.82) is 0 Å². The first-order valence-electron chi connectivity index (χ1n) is 4.78. The molecule has 0 spiro atoms. The number of aryl methyl sites for hydroxylation is 1. The Kier molecular flexibility index (Phi) is 3.89. The highest BCUT2D eigenvalue weighted by Crippen LogP contribution is 2.16. The highest BCUT2D eigenvalue weighted by molar-refractivity contribution is 5.47. The first kappa shape index (κ1) is 11.0. The SMILES string of the molecule is Cc1cccc(NCCC(C)O)c1F. The van der Waals surface area contributed by atoms with Crippen LogP contribution in [0.2, 0.25) is 0 Å². The van der Waals surface area contributed by atoms with Gasteiger partial charge in [-0.05, 0) is 31.9 Å². The fourth-order valence-electron chi connectivity index (χ4n) is 1.20. The number of hydrogen-bond donors (Lipinski definition) is 2. The zero-order valence-corrected chi connectivity index (χ0v) is 8.55. The van der Waals surface area contributed by atoms with Gasteiger partial charge < -0.3 is 10.4 Å². The standard InChI is InChI=1S/C11H16FNO/c1-8-4-3-5-10(11(8)12)13-7-6-9(2)14/h3-5,9,13-14H,6-7H2,1-2H3. The molecule has 0 bridgehead atoms. The van der Waals surface area contributed by atoms with E-state index in [1.165, 1.54) is 0 Å². The predicted molar refractivity (Wildman–Crippen MR) is 55.9 cm³/mol. The molecule has 2 N–H and O–H groups in total. The molecule has 0 amide bonds. The minimum Gasteiger partial charge on any atom is -0.393 e. The molecule has 0 saturated heterocycles. The molecule has 0 aromatic heterocycles. The van der Waals surface area contributed by atoms with Gasteiger partial charge in [-0.15, -0.1) is 0 Å². The third-order valence-electron chi connectivity index (χ3n) is 2.07. The lowest BCUT2D eigenvalue weighted by molar-refractivity contribution is 0.188. The van der Waals surface area contributed by atoms with Crippen molar-refractivity contribution in [2.75, 3.05) is 11.9 Å². The van der Waals surface area contributed by atoms with Crippen molar-refractivity contribution in [1.82, 2.24) is 0 Å². The van der Waals surface area contributed by atoms with Crippen LogP contribution in [-0.4, -0.2) is 17.8 Å². The van der Waals surface area contributed by atoms with Crippen molar-refractivity contribution in [3.8, 4) is 0 Å². The van der Waals surface area contributed by atoms with E-state index in [-0.39, 0.29) is 11.9 Å². The quantitative estimate of drug-likeness (QED) is 0.776. The Morgan fingerprint density at radius 3 is 2.86 bits per heavy atom. The average molecular weight is 197 g/mol. The molecule has 0 radical (unpaired) electrons. The fraction of sp³-hybridized carbons (Fsp3) is 0.455. The van der Waals surface area contributed by atoms with Crippen LogP contribution in [0.15, 0.2) is 18.2 Å². The summed E-state index contributed by atoms with van der Waals surface area (Å²) in [4.78, 5) is 0. The molecule has 78 valence electrons. The van der Waals surface area contributed by atoms with Gasteiger partial charge in [-0.25, -0.2) is 4.39 Å². The van der Waals surface area contributed by atoms with Crippen LogP contribution in [0.4, 0.5) is 10.1 Å². The number of nitrogens with one attached hydrogen (secondary N) is 1. The predicted octanol–water partition coefficient (Wildman–Crippen LogP) is 2.32. The van der Waals surface area contributed by atoms with Crippen molar-refractivity contribution >= 4 is 5.69 Å². The molecule has 1 aromatic rings. The molecular formula is C11H16FNO. The number of aliphatic hydroxyl groups excluding tert-OH is 1. The summed E-state index contributed by atoms with van der Waals surface area (Å²) in [6.45, 7) is 4.03. The van der Waals surface area contributed by atoms with Crippen LogP contribution < -0.4 is 5.32 Å². The summed E-state index contributed by atoms with van der Waals surface area (Å²) in [5, 5.41) is 12.0. The van der Waals surface area contributed by atoms with Crippen LogP contribution in [0.1, 0.15) is 18.9 Å². The van der Waals surface area contributed by atoms with Crippen molar-refractivity contribution in [2.45, 2.75) is 26.4 Å². The molecule has 0 saturated carbocycles. The third-order valence-corrected chi connectivity index (χ3v) is 2.07. The molecule has 0 aliphatic carbocycles. The summed E-state index contributed by atoms with van der Waals surface area (Å²) >= 11 is 0. The Morgan fingerprint density at radius 2 is 2.21 bits per heavy atom. The minimum absolute atomic E-state index is 0.210. The molecule has 2 nitrogen and oxygen atoms in total. The Balaban J connectivity index is 2.54. The lowest BCUT2D eigenvalue weighted by Crippen LogP contribution is -2.10. The summed E-state index contributed by atoms with van der Waals surface area (Å²) in [7, 11) is 0. The van der Waals surface area contributed by atoms with E-state index in [0.29, 0.717) is 24.2 Å². The van der Waals surface area contributed by atoms with E-state index in [0.717, 1.165) is 0 Å². The number of hydrogen-bond acceptors (Lipinski definition) is 2. The topological polar surface area (TPSA) is 32.3 Å². The number of benzene rings is 1. The van der Waals surface area contributed by atoms with Crippen LogP contribution in [0.3, 0.4) is 0 Å². The van der Waals surface area contributed by atoms with E-state index < -0.39 is 0 Å². The maximum Gasteiger partial charge on any atom is 0.149 e. The minimum atomic E-state index is -0.352. The second kappa shape index (κ2) is 4.96. The molecule has 1 atom stereocenters. The van der Waals surface area contributed by atoms with Crippen LogP contribution >= 0.6 is 0 Å². The Hall–Kier alpha value is -1.09. The van der Waals surface area contributed by atoms with Gasteiger partial charge in [0.25, 0.3) is 0 Å². The summed E-state index contributed by atoms with van der Waals surface area (Å²) in [6, 6.07) is 5.24. The van der Waals surface area contributed by atoms with E-state index >= 15 is 0 Å². The van der Waals surface area contributed by atoms with Crippen molar-refractivity contribution in [2.24, 2.45) is 0 Å². The van der Waals surface area contributed by atoms with Crippen LogP contribution in [-0.2, 0) is 0 Å². The van der Waals surface area contributed by atoms with Crippen molar-refractivity contribution < 1.29 is 9.50 Å². The maximum atomic E-state index is 13.4. The van der Waals surface area contributed by atoms with E-state index in [1.54, 1.807) is 26.0 Å². The van der Waals surface area contributed by atoms with Crippen LogP contribution in [0.25, 0.3) is 0 Å². The average Bonchev–Trinajstić information content (AvgIpc) is 2.12. The zero-order valence-electron chi connectivity index (χ0n) is 8.55. The molecule has 3 heteroatoms. The molecule has 1 unspecified atom stereocenters. The van der Waals surface area contributed by atoms with Gasteiger partial charge in [0, 0.05) is 6.54 Å². The Labute approximate surface area is 83.8 Å². The molecule has 0 heterocycles. The molecule has 1 aromatic carbocycles. The van der Waals surface area contributed by atoms with E-state index in [1.807, 2.05) is 6.07 Å². The second-order valence-electron chi connectivity index (χ2n) is 3.50. The molecule has 0 aliphatic rings. The Bertz CT molecular complexity index is 299. The summed E-state index contributed by atoms with van der Waals surface area (Å²) in [5.74, 6) is -0.210. The number of halogens is 1. The molecule has 0 fully saturated rings. The maximum absolute atomic E-state index is 13.4. The second-order valence-corrected chi connectivity index (χ2v) is 3.50. The van der Waals surface area contributed by atoms with Gasteiger partial charge in [-0.3, -0.25) is 0 Å². The van der Waals surface area contributed by atoms with Gasteiger partial charge in [-0.1, -0.05) is 12.1 Å². The van der Waals surface area contributed by atoms with Crippen LogP contribution in [0, 0.1) is 12.7 Å². The summed E-state index contributed by atoms with van der Waals surface area (Å²) in [5.41, 5.74) is 1.14. The number of rotatable bonds is 4. The highest BCUT2D eigenvalue weighted by atomic mass is 19.1. The van der Waals surface area contributed by atoms with E-state index in [4.69, 9.17) is 5.11 Å². The molecule has 1 rings (SSSR count). The highest BCUT2D eigenvalue weighted by Gasteiger charge is 2.03. The lowest BCUT2D eigenvalue weighted by atomic mass is 10.2. The number of anilines is 1. The van der Waals surface area contributed by atoms with Gasteiger partial charge in [-0.2, -0.15) is 0 Å². The van der Waals surface area contributed by atoms with Crippen molar-refractivity contribution in [3.63, 3.8) is 0 Å². The van der Waals surface area contributed by atoms with E-state index in [9.17, 15) is 4.39 Å². The smallest absolute Gasteiger partial charge is 0.149 e. The number of aliphatic hydroxyl groups is 1.